The van der Waals surface area contributed by atoms with Crippen LogP contribution in [0, 0.1) is 0 Å². The minimum Gasteiger partial charge on any atom is -0.460 e. The highest BCUT2D eigenvalue weighted by Gasteiger charge is 2.06. The van der Waals surface area contributed by atoms with Crippen LogP contribution in [0.4, 0.5) is 4.79 Å². The molecule has 0 aliphatic rings. The predicted octanol–water partition coefficient (Wildman–Crippen LogP) is 1.13. The molecule has 0 aliphatic heterocycles. The minimum absolute atomic E-state index is 0.0103. The Bertz CT molecular complexity index is 339. The molecule has 0 aromatic rings. The van der Waals surface area contributed by atoms with Crippen molar-refractivity contribution in [2.45, 2.75) is 26.7 Å². The lowest BCUT2D eigenvalue weighted by Crippen LogP contribution is -2.29. The second kappa shape index (κ2) is 9.93. The number of amides is 1. The fourth-order valence-electron chi connectivity index (χ4n) is 0.896. The van der Waals surface area contributed by atoms with Gasteiger partial charge in [-0.2, -0.15) is 0 Å². The summed E-state index contributed by atoms with van der Waals surface area (Å²) >= 11 is 0. The molecule has 19 heavy (non-hydrogen) atoms. The Hall–Kier alpha value is -2.05. The van der Waals surface area contributed by atoms with E-state index in [4.69, 9.17) is 4.74 Å². The van der Waals surface area contributed by atoms with Gasteiger partial charge in [-0.25, -0.2) is 9.59 Å². The number of alkyl carbamates (subject to hydrolysis) is 1. The van der Waals surface area contributed by atoms with Crippen molar-refractivity contribution < 1.29 is 28.6 Å². The molecule has 0 aromatic carbocycles. The Morgan fingerprint density at radius 1 is 1.16 bits per heavy atom. The van der Waals surface area contributed by atoms with Crippen molar-refractivity contribution in [2.75, 3.05) is 19.9 Å². The molecular formula is C12H19NO6. The zero-order chi connectivity index (χ0) is 14.7. The second-order valence-electron chi connectivity index (χ2n) is 3.66. The van der Waals surface area contributed by atoms with E-state index in [1.807, 2.05) is 6.92 Å². The summed E-state index contributed by atoms with van der Waals surface area (Å²) < 4.78 is 13.9. The number of rotatable bonds is 8. The van der Waals surface area contributed by atoms with E-state index in [1.54, 1.807) is 0 Å². The molecule has 7 heteroatoms. The molecule has 0 aliphatic carbocycles. The lowest BCUT2D eigenvalue weighted by Gasteiger charge is -2.08. The summed E-state index contributed by atoms with van der Waals surface area (Å²) in [6.45, 7) is 6.44. The highest BCUT2D eigenvalue weighted by atomic mass is 16.7. The smallest absolute Gasteiger partial charge is 0.410 e. The lowest BCUT2D eigenvalue weighted by molar-refractivity contribution is -0.152. The molecule has 0 atom stereocenters. The molecule has 108 valence electrons. The zero-order valence-corrected chi connectivity index (χ0v) is 11.2. The number of carbonyl (C=O) groups excluding carboxylic acids is 3. The van der Waals surface area contributed by atoms with Gasteiger partial charge in [-0.15, -0.1) is 0 Å². The van der Waals surface area contributed by atoms with E-state index in [-0.39, 0.29) is 25.1 Å². The summed E-state index contributed by atoms with van der Waals surface area (Å²) in [5.74, 6) is -0.950. The molecule has 0 rings (SSSR count). The number of esters is 2. The van der Waals surface area contributed by atoms with Crippen LogP contribution in [0.2, 0.25) is 0 Å². The van der Waals surface area contributed by atoms with Gasteiger partial charge in [-0.3, -0.25) is 4.79 Å². The van der Waals surface area contributed by atoms with Gasteiger partial charge in [0.2, 0.25) is 6.79 Å². The summed E-state index contributed by atoms with van der Waals surface area (Å²) in [6.07, 6.45) is 0.191. The van der Waals surface area contributed by atoms with Crippen LogP contribution in [0.1, 0.15) is 26.7 Å². The van der Waals surface area contributed by atoms with E-state index >= 15 is 0 Å². The molecule has 1 N–H and O–H groups in total. The first-order chi connectivity index (χ1) is 8.97. The Morgan fingerprint density at radius 3 is 2.42 bits per heavy atom. The van der Waals surface area contributed by atoms with Crippen molar-refractivity contribution >= 4 is 18.0 Å². The van der Waals surface area contributed by atoms with Crippen LogP contribution in [0.15, 0.2) is 12.2 Å². The fraction of sp³-hybridized carbons (Fsp3) is 0.583. The van der Waals surface area contributed by atoms with Gasteiger partial charge in [0.1, 0.15) is 6.61 Å². The van der Waals surface area contributed by atoms with Crippen LogP contribution < -0.4 is 5.32 Å². The van der Waals surface area contributed by atoms with Crippen molar-refractivity contribution in [2.24, 2.45) is 0 Å². The van der Waals surface area contributed by atoms with Gasteiger partial charge in [0.25, 0.3) is 0 Å². The van der Waals surface area contributed by atoms with Crippen molar-refractivity contribution in [1.29, 1.82) is 0 Å². The van der Waals surface area contributed by atoms with E-state index in [0.717, 1.165) is 0 Å². The molecule has 0 aromatic heterocycles. The largest absolute Gasteiger partial charge is 0.460 e. The number of ether oxygens (including phenoxy) is 3. The van der Waals surface area contributed by atoms with Gasteiger partial charge >= 0.3 is 18.0 Å². The van der Waals surface area contributed by atoms with E-state index < -0.39 is 24.8 Å². The first kappa shape index (κ1) is 16.9. The highest BCUT2D eigenvalue weighted by Crippen LogP contribution is 1.92. The number of nitrogens with one attached hydrogen (secondary N) is 1. The van der Waals surface area contributed by atoms with Crippen LogP contribution in [-0.4, -0.2) is 38.0 Å². The first-order valence-corrected chi connectivity index (χ1v) is 5.86. The van der Waals surface area contributed by atoms with Gasteiger partial charge in [0.05, 0.1) is 6.54 Å². The normalized spacial score (nSPS) is 9.37. The number of carbonyl (C=O) groups is 3. The maximum Gasteiger partial charge on any atom is 0.410 e. The topological polar surface area (TPSA) is 90.9 Å². The number of hydrogen-bond acceptors (Lipinski definition) is 6. The zero-order valence-electron chi connectivity index (χ0n) is 11.2. The highest BCUT2D eigenvalue weighted by molar-refractivity contribution is 5.86. The van der Waals surface area contributed by atoms with Gasteiger partial charge in [-0.05, 0) is 13.3 Å². The van der Waals surface area contributed by atoms with E-state index in [2.05, 4.69) is 21.4 Å². The van der Waals surface area contributed by atoms with Gasteiger partial charge < -0.3 is 19.5 Å². The average Bonchev–Trinajstić information content (AvgIpc) is 2.34. The molecule has 0 saturated heterocycles. The van der Waals surface area contributed by atoms with E-state index in [9.17, 15) is 14.4 Å². The molecule has 1 amide bonds. The quantitative estimate of drug-likeness (QED) is 0.308. The lowest BCUT2D eigenvalue weighted by atomic mass is 10.3. The molecule has 0 unspecified atom stereocenters. The molecule has 0 radical (unpaired) electrons. The summed E-state index contributed by atoms with van der Waals surface area (Å²) in [4.78, 5) is 33.0. The third kappa shape index (κ3) is 9.63. The minimum atomic E-state index is -0.754. The average molecular weight is 273 g/mol. The monoisotopic (exact) mass is 273 g/mol. The third-order valence-corrected chi connectivity index (χ3v) is 1.82. The maximum atomic E-state index is 11.1. The Morgan fingerprint density at radius 2 is 1.84 bits per heavy atom. The molecule has 0 bridgehead atoms. The maximum absolute atomic E-state index is 11.1. The van der Waals surface area contributed by atoms with Crippen molar-refractivity contribution in [3.05, 3.63) is 12.2 Å². The SMILES string of the molecule is C=C(C)C(=O)OCCNC(=O)OCOC(=O)CCC. The molecule has 7 nitrogen and oxygen atoms in total. The fourth-order valence-corrected chi connectivity index (χ4v) is 0.896. The van der Waals surface area contributed by atoms with Gasteiger partial charge in [-0.1, -0.05) is 13.5 Å². The molecule has 0 saturated carbocycles. The van der Waals surface area contributed by atoms with Crippen molar-refractivity contribution in [3.8, 4) is 0 Å². The standard InChI is InChI=1S/C12H19NO6/c1-4-5-10(14)18-8-19-12(16)13-6-7-17-11(15)9(2)3/h2,4-8H2,1,3H3,(H,13,16). The second-order valence-corrected chi connectivity index (χ2v) is 3.66. The summed E-state index contributed by atoms with van der Waals surface area (Å²) in [6, 6.07) is 0. The van der Waals surface area contributed by atoms with Gasteiger partial charge in [0.15, 0.2) is 0 Å². The van der Waals surface area contributed by atoms with E-state index in [0.29, 0.717) is 6.42 Å². The first-order valence-electron chi connectivity index (χ1n) is 5.86. The Labute approximate surface area is 111 Å². The summed E-state index contributed by atoms with van der Waals surface area (Å²) in [7, 11) is 0. The Kier molecular flexibility index (Phi) is 8.86. The van der Waals surface area contributed by atoms with Crippen LogP contribution >= 0.6 is 0 Å². The predicted molar refractivity (Wildman–Crippen MR) is 66.1 cm³/mol. The molecule has 0 spiro atoms. The van der Waals surface area contributed by atoms with Crippen molar-refractivity contribution in [3.63, 3.8) is 0 Å². The summed E-state index contributed by atoms with van der Waals surface area (Å²) in [5.41, 5.74) is 0.283. The van der Waals surface area contributed by atoms with Crippen LogP contribution in [-0.2, 0) is 23.8 Å². The van der Waals surface area contributed by atoms with Crippen LogP contribution in [0.25, 0.3) is 0 Å². The Balaban J connectivity index is 3.52. The third-order valence-electron chi connectivity index (χ3n) is 1.82. The summed E-state index contributed by atoms with van der Waals surface area (Å²) in [5, 5.41) is 2.32. The van der Waals surface area contributed by atoms with E-state index in [1.165, 1.54) is 6.92 Å². The molecule has 0 fully saturated rings. The van der Waals surface area contributed by atoms with Crippen LogP contribution in [0.3, 0.4) is 0 Å². The molecular weight excluding hydrogens is 254 g/mol. The van der Waals surface area contributed by atoms with Crippen molar-refractivity contribution in [1.82, 2.24) is 5.32 Å². The van der Waals surface area contributed by atoms with Gasteiger partial charge in [0, 0.05) is 12.0 Å². The molecule has 0 heterocycles. The number of hydrogen-bond donors (Lipinski definition) is 1. The van der Waals surface area contributed by atoms with Crippen LogP contribution in [0.5, 0.6) is 0 Å².